The second-order valence-corrected chi connectivity index (χ2v) is 6.23. The van der Waals surface area contributed by atoms with Crippen LogP contribution in [0.3, 0.4) is 0 Å². The summed E-state index contributed by atoms with van der Waals surface area (Å²) in [5.41, 5.74) is 0.226. The minimum atomic E-state index is -1.20. The van der Waals surface area contributed by atoms with Crippen LogP contribution in [0.4, 0.5) is 14.5 Å². The molecule has 30 heavy (non-hydrogen) atoms. The zero-order valence-electron chi connectivity index (χ0n) is 16.3. The topological polar surface area (TPSA) is 97.3 Å². The molecular formula is C20H18F2N2O6. The highest BCUT2D eigenvalue weighted by molar-refractivity contribution is 6.17. The Balaban J connectivity index is 1.82. The predicted octanol–water partition coefficient (Wildman–Crippen LogP) is 2.56. The van der Waals surface area contributed by atoms with Crippen LogP contribution in [0.5, 0.6) is 23.0 Å². The number of amides is 2. The summed E-state index contributed by atoms with van der Waals surface area (Å²) in [7, 11) is 4.32. The maximum atomic E-state index is 13.5. The Bertz CT molecular complexity index is 1010. The molecule has 158 valence electrons. The van der Waals surface area contributed by atoms with Crippen molar-refractivity contribution in [3.05, 3.63) is 53.2 Å². The fraction of sp³-hybridized carbons (Fsp3) is 0.200. The van der Waals surface area contributed by atoms with Crippen LogP contribution in [-0.4, -0.2) is 43.2 Å². The van der Waals surface area contributed by atoms with Crippen LogP contribution in [0.15, 0.2) is 36.0 Å². The van der Waals surface area contributed by atoms with E-state index in [0.717, 1.165) is 23.1 Å². The van der Waals surface area contributed by atoms with Gasteiger partial charge in [0.05, 0.1) is 27.9 Å². The monoisotopic (exact) mass is 420 g/mol. The number of halogens is 2. The summed E-state index contributed by atoms with van der Waals surface area (Å²) in [4.78, 5) is 25.9. The van der Waals surface area contributed by atoms with Crippen LogP contribution in [0.1, 0.15) is 5.56 Å². The number of hydrogen-bond acceptors (Lipinski definition) is 7. The van der Waals surface area contributed by atoms with Gasteiger partial charge in [0.25, 0.3) is 11.8 Å². The molecule has 0 unspecified atom stereocenters. The van der Waals surface area contributed by atoms with Gasteiger partial charge in [0.2, 0.25) is 5.75 Å². The highest BCUT2D eigenvalue weighted by Crippen LogP contribution is 2.38. The van der Waals surface area contributed by atoms with Gasteiger partial charge < -0.3 is 24.6 Å². The second-order valence-electron chi connectivity index (χ2n) is 6.23. The zero-order valence-corrected chi connectivity index (χ0v) is 16.3. The summed E-state index contributed by atoms with van der Waals surface area (Å²) in [6.07, 6.45) is 1.02. The molecule has 8 nitrogen and oxygen atoms in total. The van der Waals surface area contributed by atoms with E-state index in [0.29, 0.717) is 22.8 Å². The fourth-order valence-electron chi connectivity index (χ4n) is 2.95. The van der Waals surface area contributed by atoms with Gasteiger partial charge in [-0.05, 0) is 17.7 Å². The number of methoxy groups -OCH3 is 3. The van der Waals surface area contributed by atoms with E-state index in [1.54, 1.807) is 12.1 Å². The first-order chi connectivity index (χ1) is 14.3. The molecule has 0 saturated heterocycles. The standard InChI is InChI=1S/C20H18F2N2O6/c1-28-15-4-10(5-16(29-2)19(15)30-3)9-24-17(25)8-14(20(24)27)23-11-6-12(21)18(26)13(22)7-11/h4-8,23,26H,9H2,1-3H3. The smallest absolute Gasteiger partial charge is 0.277 e. The molecule has 0 saturated carbocycles. The summed E-state index contributed by atoms with van der Waals surface area (Å²) in [5.74, 6) is -3.78. The van der Waals surface area contributed by atoms with Crippen LogP contribution in [-0.2, 0) is 16.1 Å². The number of imide groups is 1. The van der Waals surface area contributed by atoms with Crippen molar-refractivity contribution in [3.63, 3.8) is 0 Å². The first-order valence-electron chi connectivity index (χ1n) is 8.60. The van der Waals surface area contributed by atoms with E-state index in [4.69, 9.17) is 19.3 Å². The van der Waals surface area contributed by atoms with Crippen LogP contribution in [0, 0.1) is 11.6 Å². The van der Waals surface area contributed by atoms with Crippen LogP contribution in [0.2, 0.25) is 0 Å². The van der Waals surface area contributed by atoms with Crippen LogP contribution in [0.25, 0.3) is 0 Å². The SMILES string of the molecule is COc1cc(CN2C(=O)C=C(Nc3cc(F)c(O)c(F)c3)C2=O)cc(OC)c1OC. The summed E-state index contributed by atoms with van der Waals surface area (Å²) < 4.78 is 42.8. The van der Waals surface area contributed by atoms with Gasteiger partial charge in [0, 0.05) is 23.9 Å². The molecule has 1 aliphatic heterocycles. The summed E-state index contributed by atoms with van der Waals surface area (Å²) in [5, 5.41) is 11.7. The quantitative estimate of drug-likeness (QED) is 0.525. The van der Waals surface area contributed by atoms with E-state index in [2.05, 4.69) is 5.32 Å². The molecule has 2 aromatic rings. The van der Waals surface area contributed by atoms with Crippen molar-refractivity contribution in [1.29, 1.82) is 0 Å². The number of rotatable bonds is 7. The predicted molar refractivity (Wildman–Crippen MR) is 101 cm³/mol. The van der Waals surface area contributed by atoms with Crippen molar-refractivity contribution in [2.45, 2.75) is 6.54 Å². The average molecular weight is 420 g/mol. The molecular weight excluding hydrogens is 402 g/mol. The summed E-state index contributed by atoms with van der Waals surface area (Å²) in [6, 6.07) is 4.80. The Kier molecular flexibility index (Phi) is 5.77. The van der Waals surface area contributed by atoms with Gasteiger partial charge in [-0.1, -0.05) is 0 Å². The number of aromatic hydroxyl groups is 1. The van der Waals surface area contributed by atoms with E-state index in [9.17, 15) is 18.4 Å². The normalized spacial score (nSPS) is 13.4. The van der Waals surface area contributed by atoms with E-state index in [1.165, 1.54) is 21.3 Å². The minimum Gasteiger partial charge on any atom is -0.503 e. The molecule has 0 bridgehead atoms. The Hall–Kier alpha value is -3.82. The molecule has 2 aromatic carbocycles. The number of ether oxygens (including phenoxy) is 3. The molecule has 0 atom stereocenters. The van der Waals surface area contributed by atoms with Crippen molar-refractivity contribution in [2.75, 3.05) is 26.6 Å². The van der Waals surface area contributed by atoms with Crippen molar-refractivity contribution >= 4 is 17.5 Å². The van der Waals surface area contributed by atoms with Crippen molar-refractivity contribution < 1.29 is 37.7 Å². The molecule has 0 fully saturated rings. The minimum absolute atomic E-state index is 0.103. The van der Waals surface area contributed by atoms with Crippen molar-refractivity contribution in [1.82, 2.24) is 4.90 Å². The maximum Gasteiger partial charge on any atom is 0.277 e. The lowest BCUT2D eigenvalue weighted by Crippen LogP contribution is -2.31. The average Bonchev–Trinajstić information content (AvgIpc) is 2.98. The molecule has 3 rings (SSSR count). The lowest BCUT2D eigenvalue weighted by atomic mass is 10.1. The number of anilines is 1. The molecule has 0 radical (unpaired) electrons. The molecule has 2 amide bonds. The molecule has 1 heterocycles. The van der Waals surface area contributed by atoms with Gasteiger partial charge in [-0.15, -0.1) is 0 Å². The lowest BCUT2D eigenvalue weighted by molar-refractivity contribution is -0.137. The number of carbonyl (C=O) groups excluding carboxylic acids is 2. The van der Waals surface area contributed by atoms with Gasteiger partial charge in [-0.25, -0.2) is 8.78 Å². The third-order valence-corrected chi connectivity index (χ3v) is 4.37. The van der Waals surface area contributed by atoms with E-state index in [-0.39, 0.29) is 17.9 Å². The zero-order chi connectivity index (χ0) is 22.0. The van der Waals surface area contributed by atoms with E-state index in [1.807, 2.05) is 0 Å². The van der Waals surface area contributed by atoms with E-state index >= 15 is 0 Å². The van der Waals surface area contributed by atoms with Crippen molar-refractivity contribution in [3.8, 4) is 23.0 Å². The van der Waals surface area contributed by atoms with Gasteiger partial charge in [-0.2, -0.15) is 0 Å². The van der Waals surface area contributed by atoms with Crippen molar-refractivity contribution in [2.24, 2.45) is 0 Å². The number of benzene rings is 2. The number of nitrogens with one attached hydrogen (secondary N) is 1. The van der Waals surface area contributed by atoms with E-state index < -0.39 is 29.2 Å². The number of hydrogen-bond donors (Lipinski definition) is 2. The van der Waals surface area contributed by atoms with Gasteiger partial charge in [-0.3, -0.25) is 14.5 Å². The molecule has 0 aromatic heterocycles. The molecule has 10 heteroatoms. The number of phenols is 1. The third-order valence-electron chi connectivity index (χ3n) is 4.37. The summed E-state index contributed by atoms with van der Waals surface area (Å²) >= 11 is 0. The fourth-order valence-corrected chi connectivity index (χ4v) is 2.95. The Morgan fingerprint density at radius 2 is 1.53 bits per heavy atom. The summed E-state index contributed by atoms with van der Waals surface area (Å²) in [6.45, 7) is -0.103. The maximum absolute atomic E-state index is 13.5. The first kappa shape index (κ1) is 20.9. The Labute approximate surface area is 170 Å². The Morgan fingerprint density at radius 1 is 0.967 bits per heavy atom. The molecule has 2 N–H and O–H groups in total. The largest absolute Gasteiger partial charge is 0.503 e. The van der Waals surface area contributed by atoms with Gasteiger partial charge >= 0.3 is 0 Å². The highest BCUT2D eigenvalue weighted by Gasteiger charge is 2.32. The van der Waals surface area contributed by atoms with Crippen LogP contribution >= 0.6 is 0 Å². The highest BCUT2D eigenvalue weighted by atomic mass is 19.1. The Morgan fingerprint density at radius 3 is 2.03 bits per heavy atom. The number of carbonyl (C=O) groups is 2. The second kappa shape index (κ2) is 8.27. The number of nitrogens with zero attached hydrogens (tertiary/aromatic N) is 1. The van der Waals surface area contributed by atoms with Crippen LogP contribution < -0.4 is 19.5 Å². The molecule has 1 aliphatic rings. The lowest BCUT2D eigenvalue weighted by Gasteiger charge is -2.18. The molecule has 0 spiro atoms. The third kappa shape index (κ3) is 3.84. The van der Waals surface area contributed by atoms with Gasteiger partial charge in [0.15, 0.2) is 28.9 Å². The first-order valence-corrected chi connectivity index (χ1v) is 8.60. The van der Waals surface area contributed by atoms with Gasteiger partial charge in [0.1, 0.15) is 5.70 Å². The molecule has 0 aliphatic carbocycles. The number of phenolic OH excluding ortho intramolecular Hbond substituents is 1.